The second-order valence-electron chi connectivity index (χ2n) is 4.94. The number of pyridine rings is 1. The Morgan fingerprint density at radius 3 is 2.65 bits per heavy atom. The zero-order chi connectivity index (χ0) is 17.3. The zero-order valence-electron chi connectivity index (χ0n) is 12.7. The van der Waals surface area contributed by atoms with Crippen LogP contribution < -0.4 is 10.9 Å². The Hall–Kier alpha value is -2.90. The first-order chi connectivity index (χ1) is 10.8. The van der Waals surface area contributed by atoms with Crippen LogP contribution in [0.3, 0.4) is 0 Å². The van der Waals surface area contributed by atoms with Gasteiger partial charge in [-0.05, 0) is 19.1 Å². The summed E-state index contributed by atoms with van der Waals surface area (Å²) in [6, 6.07) is 2.90. The molecule has 0 radical (unpaired) electrons. The minimum absolute atomic E-state index is 0.144. The highest BCUT2D eigenvalue weighted by atomic mass is 19.1. The number of amides is 1. The number of halogens is 1. The van der Waals surface area contributed by atoms with Gasteiger partial charge in [-0.25, -0.2) is 9.18 Å². The molecule has 1 heterocycles. The lowest BCUT2D eigenvalue weighted by Gasteiger charge is -2.14. The van der Waals surface area contributed by atoms with Crippen LogP contribution in [0.5, 0.6) is 5.75 Å². The van der Waals surface area contributed by atoms with Crippen LogP contribution in [0.2, 0.25) is 0 Å². The minimum atomic E-state index is -1.03. The quantitative estimate of drug-likeness (QED) is 0.810. The van der Waals surface area contributed by atoms with E-state index in [0.29, 0.717) is 0 Å². The van der Waals surface area contributed by atoms with Gasteiger partial charge in [0.1, 0.15) is 23.2 Å². The number of esters is 1. The molecule has 0 aliphatic rings. The molecule has 23 heavy (non-hydrogen) atoms. The molecule has 8 heteroatoms. The first kappa shape index (κ1) is 16.5. The summed E-state index contributed by atoms with van der Waals surface area (Å²) in [5, 5.41) is 12.2. The third-order valence-corrected chi connectivity index (χ3v) is 3.47. The van der Waals surface area contributed by atoms with E-state index < -0.39 is 40.6 Å². The monoisotopic (exact) mass is 322 g/mol. The lowest BCUT2D eigenvalue weighted by atomic mass is 10.1. The summed E-state index contributed by atoms with van der Waals surface area (Å²) < 4.78 is 19.5. The van der Waals surface area contributed by atoms with E-state index in [9.17, 15) is 23.9 Å². The SMILES string of the molecule is COC(=O)[C@H](C)NC(=O)c1c(O)c2c(F)cccc2n(C)c1=O. The van der Waals surface area contributed by atoms with Crippen molar-refractivity contribution in [1.82, 2.24) is 9.88 Å². The number of hydrogen-bond donors (Lipinski definition) is 2. The van der Waals surface area contributed by atoms with Crippen LogP contribution in [-0.2, 0) is 16.6 Å². The van der Waals surface area contributed by atoms with Crippen molar-refractivity contribution < 1.29 is 23.8 Å². The lowest BCUT2D eigenvalue weighted by Crippen LogP contribution is -2.41. The molecule has 0 aliphatic heterocycles. The molecule has 2 aromatic rings. The van der Waals surface area contributed by atoms with E-state index in [2.05, 4.69) is 10.1 Å². The maximum Gasteiger partial charge on any atom is 0.328 e. The van der Waals surface area contributed by atoms with E-state index in [-0.39, 0.29) is 10.9 Å². The van der Waals surface area contributed by atoms with Crippen LogP contribution in [-0.4, -0.2) is 34.7 Å². The third kappa shape index (κ3) is 2.75. The second-order valence-corrected chi connectivity index (χ2v) is 4.94. The minimum Gasteiger partial charge on any atom is -0.506 e. The Balaban J connectivity index is 2.62. The average Bonchev–Trinajstić information content (AvgIpc) is 2.51. The summed E-state index contributed by atoms with van der Waals surface area (Å²) in [6.45, 7) is 1.35. The Morgan fingerprint density at radius 1 is 1.39 bits per heavy atom. The fraction of sp³-hybridized carbons (Fsp3) is 0.267. The number of aryl methyl sites for hydroxylation is 1. The van der Waals surface area contributed by atoms with E-state index in [1.807, 2.05) is 0 Å². The highest BCUT2D eigenvalue weighted by Gasteiger charge is 2.25. The number of nitrogens with one attached hydrogen (secondary N) is 1. The predicted octanol–water partition coefficient (Wildman–Crippen LogP) is 0.674. The van der Waals surface area contributed by atoms with Gasteiger partial charge in [0.15, 0.2) is 0 Å². The first-order valence-corrected chi connectivity index (χ1v) is 6.68. The van der Waals surface area contributed by atoms with Gasteiger partial charge in [0.2, 0.25) is 0 Å². The molecule has 0 bridgehead atoms. The largest absolute Gasteiger partial charge is 0.506 e. The van der Waals surface area contributed by atoms with Gasteiger partial charge in [0.25, 0.3) is 11.5 Å². The Kier molecular flexibility index (Phi) is 4.35. The number of carbonyl (C=O) groups is 2. The van der Waals surface area contributed by atoms with E-state index in [1.165, 1.54) is 26.1 Å². The lowest BCUT2D eigenvalue weighted by molar-refractivity contribution is -0.142. The van der Waals surface area contributed by atoms with Crippen molar-refractivity contribution in [3.05, 3.63) is 39.9 Å². The number of aromatic hydroxyl groups is 1. The normalized spacial score (nSPS) is 12.0. The number of benzene rings is 1. The van der Waals surface area contributed by atoms with Gasteiger partial charge in [-0.2, -0.15) is 0 Å². The Labute approximate surface area is 130 Å². The van der Waals surface area contributed by atoms with E-state index in [0.717, 1.165) is 17.7 Å². The molecule has 0 spiro atoms. The number of hydrogen-bond acceptors (Lipinski definition) is 5. The summed E-state index contributed by atoms with van der Waals surface area (Å²) in [7, 11) is 2.50. The molecular formula is C15H15FN2O5. The molecule has 7 nitrogen and oxygen atoms in total. The number of carbonyl (C=O) groups excluding carboxylic acids is 2. The molecule has 1 amide bonds. The molecular weight excluding hydrogens is 307 g/mol. The molecule has 1 atom stereocenters. The highest BCUT2D eigenvalue weighted by Crippen LogP contribution is 2.28. The summed E-state index contributed by atoms with van der Waals surface area (Å²) in [6.07, 6.45) is 0. The fourth-order valence-corrected chi connectivity index (χ4v) is 2.24. The molecule has 0 saturated heterocycles. The van der Waals surface area contributed by atoms with Crippen molar-refractivity contribution in [2.45, 2.75) is 13.0 Å². The molecule has 122 valence electrons. The van der Waals surface area contributed by atoms with Crippen LogP contribution in [0.1, 0.15) is 17.3 Å². The molecule has 2 rings (SSSR count). The van der Waals surface area contributed by atoms with E-state index in [4.69, 9.17) is 0 Å². The van der Waals surface area contributed by atoms with Gasteiger partial charge in [-0.1, -0.05) is 6.07 Å². The molecule has 1 aromatic heterocycles. The van der Waals surface area contributed by atoms with Crippen LogP contribution in [0.15, 0.2) is 23.0 Å². The van der Waals surface area contributed by atoms with Crippen LogP contribution in [0.4, 0.5) is 4.39 Å². The predicted molar refractivity (Wildman–Crippen MR) is 79.8 cm³/mol. The van der Waals surface area contributed by atoms with Gasteiger partial charge >= 0.3 is 5.97 Å². The van der Waals surface area contributed by atoms with Crippen molar-refractivity contribution in [2.75, 3.05) is 7.11 Å². The molecule has 1 aromatic carbocycles. The number of ether oxygens (including phenoxy) is 1. The molecule has 0 saturated carbocycles. The summed E-state index contributed by atoms with van der Waals surface area (Å²) in [5.74, 6) is -3.26. The van der Waals surface area contributed by atoms with Crippen molar-refractivity contribution >= 4 is 22.8 Å². The molecule has 0 unspecified atom stereocenters. The second kappa shape index (κ2) is 6.07. The summed E-state index contributed by atoms with van der Waals surface area (Å²) in [4.78, 5) is 35.8. The van der Waals surface area contributed by atoms with Gasteiger partial charge in [0, 0.05) is 7.05 Å². The Morgan fingerprint density at radius 2 is 2.04 bits per heavy atom. The molecule has 2 N–H and O–H groups in total. The molecule has 0 fully saturated rings. The zero-order valence-corrected chi connectivity index (χ0v) is 12.7. The van der Waals surface area contributed by atoms with Gasteiger partial charge < -0.3 is 19.7 Å². The molecule has 0 aliphatic carbocycles. The summed E-state index contributed by atoms with van der Waals surface area (Å²) >= 11 is 0. The number of fused-ring (bicyclic) bond motifs is 1. The maximum atomic E-state index is 14.0. The smallest absolute Gasteiger partial charge is 0.328 e. The van der Waals surface area contributed by atoms with Crippen LogP contribution >= 0.6 is 0 Å². The van der Waals surface area contributed by atoms with Crippen molar-refractivity contribution in [1.29, 1.82) is 0 Å². The number of rotatable bonds is 3. The fourth-order valence-electron chi connectivity index (χ4n) is 2.24. The van der Waals surface area contributed by atoms with Crippen molar-refractivity contribution in [3.8, 4) is 5.75 Å². The summed E-state index contributed by atoms with van der Waals surface area (Å²) in [5.41, 5.74) is -1.30. The van der Waals surface area contributed by atoms with E-state index in [1.54, 1.807) is 0 Å². The average molecular weight is 322 g/mol. The van der Waals surface area contributed by atoms with Gasteiger partial charge in [-0.3, -0.25) is 9.59 Å². The van der Waals surface area contributed by atoms with Crippen molar-refractivity contribution in [2.24, 2.45) is 7.05 Å². The van der Waals surface area contributed by atoms with Crippen molar-refractivity contribution in [3.63, 3.8) is 0 Å². The van der Waals surface area contributed by atoms with Gasteiger partial charge in [0.05, 0.1) is 18.0 Å². The van der Waals surface area contributed by atoms with Gasteiger partial charge in [-0.15, -0.1) is 0 Å². The first-order valence-electron chi connectivity index (χ1n) is 6.68. The third-order valence-electron chi connectivity index (χ3n) is 3.47. The van der Waals surface area contributed by atoms with E-state index >= 15 is 0 Å². The van der Waals surface area contributed by atoms with Crippen LogP contribution in [0, 0.1) is 5.82 Å². The number of aromatic nitrogens is 1. The Bertz CT molecular complexity index is 859. The number of methoxy groups -OCH3 is 1. The van der Waals surface area contributed by atoms with Crippen LogP contribution in [0.25, 0.3) is 10.9 Å². The number of nitrogens with zero attached hydrogens (tertiary/aromatic N) is 1. The maximum absolute atomic E-state index is 14.0. The highest BCUT2D eigenvalue weighted by molar-refractivity contribution is 6.03. The topological polar surface area (TPSA) is 97.6 Å². The standard InChI is InChI=1S/C15H15FN2O5/c1-7(15(22)23-3)17-13(20)11-12(19)10-8(16)5-4-6-9(10)18(2)14(11)21/h4-7,19H,1-3H3,(H,17,20)/t7-/m0/s1.